The van der Waals surface area contributed by atoms with Gasteiger partial charge in [0.05, 0.1) is 0 Å². The standard InChI is InChI=1S/C37H46N10O3/c1-23-31(15-16-32(39-23)36(49)41-30-17-19-47(2)20-18-30)26-7-3-24(4-8-26)21-33(42-35(48)28-9-5-25(22-38)6-10-28)37(50)40-29-13-11-27(12-14-29)34-43-45-46-44-34/h3-4,7-8,11-16,25,28,30,33H,5-6,9-10,17-22,38H2,1-2H3,(H,40,50)(H,41,49)(H,42,48)(H,43,44,45,46)/t25?,28?,33-/m0/s1. The Labute approximate surface area is 292 Å². The van der Waals surface area contributed by atoms with Crippen molar-refractivity contribution >= 4 is 23.4 Å². The van der Waals surface area contributed by atoms with Crippen LogP contribution in [-0.2, 0) is 16.0 Å². The van der Waals surface area contributed by atoms with Crippen molar-refractivity contribution in [1.29, 1.82) is 0 Å². The molecule has 2 aromatic heterocycles. The molecule has 2 fully saturated rings. The van der Waals surface area contributed by atoms with Crippen molar-refractivity contribution in [3.8, 4) is 22.5 Å². The lowest BCUT2D eigenvalue weighted by molar-refractivity contribution is -0.130. The molecule has 2 aliphatic rings. The SMILES string of the molecule is Cc1nc(C(=O)NC2CCN(C)CC2)ccc1-c1ccc(C[C@H](NC(=O)C2CCC(CN)CC2)C(=O)Nc2ccc(-c3nn[nH]n3)cc2)cc1. The van der Waals surface area contributed by atoms with Crippen LogP contribution >= 0.6 is 0 Å². The highest BCUT2D eigenvalue weighted by Crippen LogP contribution is 2.29. The molecule has 4 aromatic rings. The van der Waals surface area contributed by atoms with Gasteiger partial charge < -0.3 is 26.6 Å². The molecule has 3 heterocycles. The molecule has 1 atom stereocenters. The number of carbonyl (C=O) groups is 3. The van der Waals surface area contributed by atoms with Crippen LogP contribution in [0.5, 0.6) is 0 Å². The number of rotatable bonds is 11. The molecule has 0 unspecified atom stereocenters. The van der Waals surface area contributed by atoms with Crippen molar-refractivity contribution in [3.63, 3.8) is 0 Å². The fraction of sp³-hybridized carbons (Fsp3) is 0.432. The molecule has 1 saturated heterocycles. The molecule has 262 valence electrons. The van der Waals surface area contributed by atoms with E-state index in [2.05, 4.69) is 53.5 Å². The summed E-state index contributed by atoms with van der Waals surface area (Å²) in [7, 11) is 2.10. The van der Waals surface area contributed by atoms with E-state index in [0.717, 1.165) is 79.6 Å². The van der Waals surface area contributed by atoms with E-state index >= 15 is 0 Å². The lowest BCUT2D eigenvalue weighted by atomic mass is 9.81. The third-order valence-electron chi connectivity index (χ3n) is 10.0. The van der Waals surface area contributed by atoms with Crippen molar-refractivity contribution in [2.24, 2.45) is 17.6 Å². The summed E-state index contributed by atoms with van der Waals surface area (Å²) in [6, 6.07) is 18.1. The fourth-order valence-corrected chi connectivity index (χ4v) is 6.84. The normalized spacial score (nSPS) is 19.0. The fourth-order valence-electron chi connectivity index (χ4n) is 6.84. The lowest BCUT2D eigenvalue weighted by Gasteiger charge is -2.29. The Kier molecular flexibility index (Phi) is 11.2. The number of carbonyl (C=O) groups excluding carboxylic acids is 3. The van der Waals surface area contributed by atoms with Crippen LogP contribution in [0.3, 0.4) is 0 Å². The maximum atomic E-state index is 13.7. The van der Waals surface area contributed by atoms with E-state index in [1.165, 1.54) is 0 Å². The van der Waals surface area contributed by atoms with Crippen molar-refractivity contribution in [1.82, 2.24) is 41.1 Å². The van der Waals surface area contributed by atoms with Gasteiger partial charge in [-0.1, -0.05) is 30.3 Å². The second kappa shape index (κ2) is 16.1. The predicted molar refractivity (Wildman–Crippen MR) is 191 cm³/mol. The van der Waals surface area contributed by atoms with Crippen LogP contribution in [-0.4, -0.2) is 87.0 Å². The Morgan fingerprint density at radius 3 is 2.26 bits per heavy atom. The van der Waals surface area contributed by atoms with Crippen LogP contribution in [0, 0.1) is 18.8 Å². The van der Waals surface area contributed by atoms with E-state index in [1.54, 1.807) is 30.3 Å². The summed E-state index contributed by atoms with van der Waals surface area (Å²) >= 11 is 0. The van der Waals surface area contributed by atoms with Gasteiger partial charge in [0, 0.05) is 40.9 Å². The predicted octanol–water partition coefficient (Wildman–Crippen LogP) is 3.49. The number of hydrogen-bond acceptors (Lipinski definition) is 9. The van der Waals surface area contributed by atoms with Gasteiger partial charge in [-0.3, -0.25) is 14.4 Å². The zero-order valence-electron chi connectivity index (χ0n) is 28.7. The van der Waals surface area contributed by atoms with Gasteiger partial charge in [-0.2, -0.15) is 5.21 Å². The molecule has 2 aromatic carbocycles. The molecule has 6 rings (SSSR count). The van der Waals surface area contributed by atoms with Crippen LogP contribution in [0.15, 0.2) is 60.7 Å². The number of benzene rings is 2. The van der Waals surface area contributed by atoms with Gasteiger partial charge in [0.25, 0.3) is 5.91 Å². The molecule has 13 heteroatoms. The van der Waals surface area contributed by atoms with Crippen molar-refractivity contribution in [2.75, 3.05) is 32.0 Å². The number of piperidine rings is 1. The largest absolute Gasteiger partial charge is 0.348 e. The number of nitrogens with two attached hydrogens (primary N) is 1. The molecule has 50 heavy (non-hydrogen) atoms. The third kappa shape index (κ3) is 8.77. The second-order valence-corrected chi connectivity index (χ2v) is 13.6. The summed E-state index contributed by atoms with van der Waals surface area (Å²) in [4.78, 5) is 46.9. The Morgan fingerprint density at radius 1 is 0.920 bits per heavy atom. The third-order valence-corrected chi connectivity index (χ3v) is 10.0. The summed E-state index contributed by atoms with van der Waals surface area (Å²) in [5, 5.41) is 23.2. The molecule has 0 bridgehead atoms. The molecule has 0 spiro atoms. The minimum atomic E-state index is -0.789. The van der Waals surface area contributed by atoms with Crippen LogP contribution in [0.4, 0.5) is 5.69 Å². The monoisotopic (exact) mass is 678 g/mol. The number of hydrogen-bond donors (Lipinski definition) is 5. The Morgan fingerprint density at radius 2 is 1.62 bits per heavy atom. The first kappa shape index (κ1) is 34.8. The van der Waals surface area contributed by atoms with Crippen molar-refractivity contribution in [3.05, 3.63) is 77.6 Å². The number of nitrogens with one attached hydrogen (secondary N) is 4. The van der Waals surface area contributed by atoms with Gasteiger partial charge in [0.2, 0.25) is 17.6 Å². The number of aromatic nitrogens is 5. The quantitative estimate of drug-likeness (QED) is 0.158. The summed E-state index contributed by atoms with van der Waals surface area (Å²) < 4.78 is 0. The van der Waals surface area contributed by atoms with Gasteiger partial charge in [-0.25, -0.2) is 4.98 Å². The highest BCUT2D eigenvalue weighted by atomic mass is 16.2. The first-order valence-electron chi connectivity index (χ1n) is 17.5. The number of amides is 3. The van der Waals surface area contributed by atoms with Gasteiger partial charge in [0.1, 0.15) is 11.7 Å². The molecule has 1 aliphatic heterocycles. The van der Waals surface area contributed by atoms with Gasteiger partial charge in [0.15, 0.2) is 0 Å². The average Bonchev–Trinajstić information content (AvgIpc) is 3.68. The second-order valence-electron chi connectivity index (χ2n) is 13.6. The molecule has 6 N–H and O–H groups in total. The smallest absolute Gasteiger partial charge is 0.270 e. The molecular weight excluding hydrogens is 632 g/mol. The summed E-state index contributed by atoms with van der Waals surface area (Å²) in [6.07, 6.45) is 5.54. The number of pyridine rings is 1. The van der Waals surface area contributed by atoms with Crippen molar-refractivity contribution in [2.45, 2.75) is 64.0 Å². The first-order valence-corrected chi connectivity index (χ1v) is 17.5. The summed E-state index contributed by atoms with van der Waals surface area (Å²) in [6.45, 7) is 4.48. The molecular formula is C37H46N10O3. The number of anilines is 1. The minimum Gasteiger partial charge on any atom is -0.348 e. The van der Waals surface area contributed by atoms with Gasteiger partial charge in [-0.05, 0) is 125 Å². The summed E-state index contributed by atoms with van der Waals surface area (Å²) in [5.41, 5.74) is 11.1. The van der Waals surface area contributed by atoms with Gasteiger partial charge >= 0.3 is 0 Å². The highest BCUT2D eigenvalue weighted by molar-refractivity contribution is 5.98. The number of tetrazole rings is 1. The molecule has 1 aliphatic carbocycles. The van der Waals surface area contributed by atoms with E-state index in [9.17, 15) is 14.4 Å². The van der Waals surface area contributed by atoms with E-state index in [0.29, 0.717) is 36.1 Å². The Bertz CT molecular complexity index is 1750. The minimum absolute atomic E-state index is 0.105. The maximum absolute atomic E-state index is 13.7. The first-order chi connectivity index (χ1) is 24.2. The highest BCUT2D eigenvalue weighted by Gasteiger charge is 2.29. The molecule has 13 nitrogen and oxygen atoms in total. The van der Waals surface area contributed by atoms with E-state index in [1.807, 2.05) is 37.3 Å². The topological polar surface area (TPSA) is 184 Å². The van der Waals surface area contributed by atoms with Crippen LogP contribution in [0.25, 0.3) is 22.5 Å². The zero-order chi connectivity index (χ0) is 35.0. The molecule has 0 radical (unpaired) electrons. The summed E-state index contributed by atoms with van der Waals surface area (Å²) in [5.74, 6) is 0.200. The average molecular weight is 679 g/mol. The molecule has 1 saturated carbocycles. The number of H-pyrrole nitrogens is 1. The number of likely N-dealkylation sites (tertiary alicyclic amines) is 1. The van der Waals surface area contributed by atoms with Crippen molar-refractivity contribution < 1.29 is 14.4 Å². The molecule has 3 amide bonds. The number of aromatic amines is 1. The van der Waals surface area contributed by atoms with Gasteiger partial charge in [-0.15, -0.1) is 10.2 Å². The zero-order valence-corrected chi connectivity index (χ0v) is 28.7. The Hall–Kier alpha value is -5.01. The lowest BCUT2D eigenvalue weighted by Crippen LogP contribution is -2.48. The number of aryl methyl sites for hydroxylation is 1. The van der Waals surface area contributed by atoms with E-state index in [-0.39, 0.29) is 29.7 Å². The maximum Gasteiger partial charge on any atom is 0.270 e. The van der Waals surface area contributed by atoms with E-state index < -0.39 is 6.04 Å². The number of nitrogens with zero attached hydrogens (tertiary/aromatic N) is 5. The van der Waals surface area contributed by atoms with Crippen LogP contribution in [0.1, 0.15) is 60.3 Å². The van der Waals surface area contributed by atoms with Crippen LogP contribution < -0.4 is 21.7 Å². The van der Waals surface area contributed by atoms with E-state index in [4.69, 9.17) is 5.73 Å². The Balaban J connectivity index is 1.13. The van der Waals surface area contributed by atoms with Crippen LogP contribution in [0.2, 0.25) is 0 Å².